The normalized spacial score (nSPS) is 10.2. The number of halogens is 2. The van der Waals surface area contributed by atoms with Crippen LogP contribution in [0.5, 0.6) is 0 Å². The van der Waals surface area contributed by atoms with Crippen molar-refractivity contribution in [3.8, 4) is 0 Å². The molecule has 0 saturated heterocycles. The van der Waals surface area contributed by atoms with E-state index in [4.69, 9.17) is 11.6 Å². The largest absolute Gasteiger partial charge is 0.376 e. The zero-order valence-corrected chi connectivity index (χ0v) is 10.7. The molecule has 6 heteroatoms. The maximum absolute atomic E-state index is 13.5. The molecule has 2 rings (SSSR count). The fraction of sp³-hybridized carbons (Fsp3) is 0.167. The lowest BCUT2D eigenvalue weighted by Crippen LogP contribution is -2.11. The maximum Gasteiger partial charge on any atom is 0.224 e. The fourth-order valence-electron chi connectivity index (χ4n) is 1.53. The number of rotatable bonds is 3. The second-order valence-electron chi connectivity index (χ2n) is 3.87. The topological polar surface area (TPSA) is 41.0 Å². The lowest BCUT2D eigenvalue weighted by atomic mass is 10.2. The van der Waals surface area contributed by atoms with Gasteiger partial charge in [0.15, 0.2) is 11.6 Å². The van der Waals surface area contributed by atoms with Gasteiger partial charge in [0.25, 0.3) is 0 Å². The summed E-state index contributed by atoms with van der Waals surface area (Å²) in [5, 5.41) is 2.91. The molecule has 4 nitrogen and oxygen atoms in total. The van der Waals surface area contributed by atoms with Crippen LogP contribution in [-0.2, 0) is 0 Å². The van der Waals surface area contributed by atoms with Gasteiger partial charge in [-0.2, -0.15) is 4.98 Å². The number of nitrogens with one attached hydrogen (secondary N) is 1. The molecule has 1 N–H and O–H groups in total. The summed E-state index contributed by atoms with van der Waals surface area (Å²) in [5.74, 6) is -0.489. The monoisotopic (exact) mass is 266 g/mol. The van der Waals surface area contributed by atoms with Crippen LogP contribution < -0.4 is 10.2 Å². The highest BCUT2D eigenvalue weighted by molar-refractivity contribution is 6.28. The van der Waals surface area contributed by atoms with Crippen molar-refractivity contribution in [3.05, 3.63) is 41.6 Å². The van der Waals surface area contributed by atoms with Crippen molar-refractivity contribution in [1.82, 2.24) is 9.97 Å². The Morgan fingerprint density at radius 2 is 2.00 bits per heavy atom. The lowest BCUT2D eigenvalue weighted by molar-refractivity contribution is 0.619. The number of hydrogen-bond donors (Lipinski definition) is 1. The second-order valence-corrected chi connectivity index (χ2v) is 4.21. The summed E-state index contributed by atoms with van der Waals surface area (Å²) in [6.07, 6.45) is 1.04. The number of anilines is 3. The van der Waals surface area contributed by atoms with Gasteiger partial charge in [0.05, 0.1) is 17.6 Å². The maximum atomic E-state index is 13.5. The van der Waals surface area contributed by atoms with Crippen LogP contribution in [0.25, 0.3) is 0 Å². The first-order valence-corrected chi connectivity index (χ1v) is 5.67. The standard InChI is InChI=1S/C12H12ClFN4/c1-18(2)10-6-4-3-5-9(10)16-11-8(14)7-15-12(13)17-11/h3-7H,1-2H3,(H,15,16,17). The van der Waals surface area contributed by atoms with Crippen LogP contribution in [0, 0.1) is 5.82 Å². The molecule has 1 aromatic carbocycles. The van der Waals surface area contributed by atoms with Crippen molar-refractivity contribution in [2.45, 2.75) is 0 Å². The molecule has 0 radical (unpaired) electrons. The molecule has 0 unspecified atom stereocenters. The average Bonchev–Trinajstić information content (AvgIpc) is 2.34. The zero-order valence-electron chi connectivity index (χ0n) is 9.98. The fourth-order valence-corrected chi connectivity index (χ4v) is 1.66. The summed E-state index contributed by atoms with van der Waals surface area (Å²) in [7, 11) is 3.81. The lowest BCUT2D eigenvalue weighted by Gasteiger charge is -2.18. The predicted molar refractivity (Wildman–Crippen MR) is 71.1 cm³/mol. The van der Waals surface area contributed by atoms with Gasteiger partial charge in [-0.25, -0.2) is 9.37 Å². The molecule has 0 bridgehead atoms. The Bertz CT molecular complexity index is 560. The Kier molecular flexibility index (Phi) is 3.62. The van der Waals surface area contributed by atoms with Gasteiger partial charge >= 0.3 is 0 Å². The minimum Gasteiger partial charge on any atom is -0.376 e. The van der Waals surface area contributed by atoms with Crippen LogP contribution in [0.2, 0.25) is 5.28 Å². The SMILES string of the molecule is CN(C)c1ccccc1Nc1nc(Cl)ncc1F. The summed E-state index contributed by atoms with van der Waals surface area (Å²) in [4.78, 5) is 9.31. The molecule has 0 aliphatic rings. The Balaban J connectivity index is 2.37. The van der Waals surface area contributed by atoms with Gasteiger partial charge < -0.3 is 10.2 Å². The first kappa shape index (κ1) is 12.6. The van der Waals surface area contributed by atoms with E-state index in [0.717, 1.165) is 17.6 Å². The minimum atomic E-state index is -0.548. The third-order valence-corrected chi connectivity index (χ3v) is 2.54. The molecule has 94 valence electrons. The van der Waals surface area contributed by atoms with E-state index in [-0.39, 0.29) is 11.1 Å². The van der Waals surface area contributed by atoms with E-state index in [0.29, 0.717) is 0 Å². The molecule has 2 aromatic rings. The van der Waals surface area contributed by atoms with Crippen molar-refractivity contribution in [1.29, 1.82) is 0 Å². The number of aromatic nitrogens is 2. The van der Waals surface area contributed by atoms with E-state index in [1.165, 1.54) is 0 Å². The Morgan fingerprint density at radius 3 is 2.72 bits per heavy atom. The quantitative estimate of drug-likeness (QED) is 0.867. The van der Waals surface area contributed by atoms with E-state index in [1.807, 2.05) is 43.3 Å². The van der Waals surface area contributed by atoms with Crippen molar-refractivity contribution in [2.24, 2.45) is 0 Å². The molecule has 0 amide bonds. The van der Waals surface area contributed by atoms with Gasteiger partial charge in [0.2, 0.25) is 5.28 Å². The zero-order chi connectivity index (χ0) is 13.1. The Labute approximate surface area is 109 Å². The van der Waals surface area contributed by atoms with Crippen LogP contribution in [-0.4, -0.2) is 24.1 Å². The number of para-hydroxylation sites is 2. The molecule has 0 spiro atoms. The predicted octanol–water partition coefficient (Wildman–Crippen LogP) is 3.08. The van der Waals surface area contributed by atoms with Crippen LogP contribution in [0.3, 0.4) is 0 Å². The third kappa shape index (κ3) is 2.68. The van der Waals surface area contributed by atoms with Crippen molar-refractivity contribution in [2.75, 3.05) is 24.3 Å². The van der Waals surface area contributed by atoms with Crippen LogP contribution in [0.1, 0.15) is 0 Å². The summed E-state index contributed by atoms with van der Waals surface area (Å²) in [6.45, 7) is 0. The van der Waals surface area contributed by atoms with E-state index in [9.17, 15) is 4.39 Å². The first-order valence-electron chi connectivity index (χ1n) is 5.29. The third-order valence-electron chi connectivity index (χ3n) is 2.35. The van der Waals surface area contributed by atoms with Gasteiger partial charge in [-0.3, -0.25) is 0 Å². The van der Waals surface area contributed by atoms with Gasteiger partial charge in [-0.1, -0.05) is 12.1 Å². The van der Waals surface area contributed by atoms with E-state index >= 15 is 0 Å². The number of benzene rings is 1. The summed E-state index contributed by atoms with van der Waals surface area (Å²) >= 11 is 5.65. The van der Waals surface area contributed by atoms with Gasteiger partial charge in [-0.05, 0) is 23.7 Å². The smallest absolute Gasteiger partial charge is 0.224 e. The van der Waals surface area contributed by atoms with Gasteiger partial charge in [-0.15, -0.1) is 0 Å². The Morgan fingerprint density at radius 1 is 1.28 bits per heavy atom. The molecular weight excluding hydrogens is 255 g/mol. The molecule has 1 aromatic heterocycles. The Hall–Kier alpha value is -1.88. The second kappa shape index (κ2) is 5.18. The molecule has 0 aliphatic carbocycles. The van der Waals surface area contributed by atoms with Crippen LogP contribution in [0.4, 0.5) is 21.6 Å². The van der Waals surface area contributed by atoms with Gasteiger partial charge in [0.1, 0.15) is 0 Å². The summed E-state index contributed by atoms with van der Waals surface area (Å²) in [5.41, 5.74) is 1.67. The number of nitrogens with zero attached hydrogens (tertiary/aromatic N) is 3. The average molecular weight is 267 g/mol. The van der Waals surface area contributed by atoms with E-state index in [1.54, 1.807) is 0 Å². The van der Waals surface area contributed by atoms with Crippen molar-refractivity contribution < 1.29 is 4.39 Å². The van der Waals surface area contributed by atoms with Crippen LogP contribution >= 0.6 is 11.6 Å². The first-order chi connectivity index (χ1) is 8.58. The highest BCUT2D eigenvalue weighted by atomic mass is 35.5. The minimum absolute atomic E-state index is 0.00114. The van der Waals surface area contributed by atoms with Crippen molar-refractivity contribution >= 4 is 28.8 Å². The van der Waals surface area contributed by atoms with Crippen molar-refractivity contribution in [3.63, 3.8) is 0 Å². The van der Waals surface area contributed by atoms with E-state index < -0.39 is 5.82 Å². The molecular formula is C12H12ClFN4. The van der Waals surface area contributed by atoms with Crippen LogP contribution in [0.15, 0.2) is 30.5 Å². The summed E-state index contributed by atoms with van der Waals surface area (Å²) < 4.78 is 13.5. The molecule has 0 saturated carbocycles. The highest BCUT2D eigenvalue weighted by Crippen LogP contribution is 2.27. The highest BCUT2D eigenvalue weighted by Gasteiger charge is 2.09. The van der Waals surface area contributed by atoms with E-state index in [2.05, 4.69) is 15.3 Å². The molecule has 0 fully saturated rings. The number of hydrogen-bond acceptors (Lipinski definition) is 4. The van der Waals surface area contributed by atoms with Gasteiger partial charge in [0, 0.05) is 14.1 Å². The molecule has 0 atom stereocenters. The molecule has 1 heterocycles. The summed E-state index contributed by atoms with van der Waals surface area (Å²) in [6, 6.07) is 7.52. The molecule has 18 heavy (non-hydrogen) atoms. The molecule has 0 aliphatic heterocycles.